The van der Waals surface area contributed by atoms with E-state index >= 15 is 0 Å². The van der Waals surface area contributed by atoms with E-state index in [0.717, 1.165) is 21.1 Å². The van der Waals surface area contributed by atoms with Gasteiger partial charge in [0.25, 0.3) is 0 Å². The standard InChI is InChI=1S/C18H17BrN4O.C2H6/c1-11-2-7-14-16(8-9-17(24)18(14)22-11)23(21)10-15(20)12-3-5-13(19)6-4-12;1-2/h2-10,24H,20-21H2,1H3;1-2H3/b15-10-;. The molecule has 0 aliphatic rings. The molecule has 0 atom stereocenters. The summed E-state index contributed by atoms with van der Waals surface area (Å²) >= 11 is 3.40. The number of hydrogen-bond acceptors (Lipinski definition) is 5. The quantitative estimate of drug-likeness (QED) is 0.427. The number of hydrazine groups is 1. The number of benzene rings is 2. The van der Waals surface area contributed by atoms with Gasteiger partial charge in [-0.25, -0.2) is 10.8 Å². The largest absolute Gasteiger partial charge is 0.506 e. The molecular weight excluding hydrogens is 392 g/mol. The van der Waals surface area contributed by atoms with Crippen LogP contribution in [0.4, 0.5) is 5.69 Å². The molecule has 3 aromatic rings. The van der Waals surface area contributed by atoms with Crippen molar-refractivity contribution >= 4 is 38.2 Å². The van der Waals surface area contributed by atoms with E-state index in [1.165, 1.54) is 5.01 Å². The third-order valence-electron chi connectivity index (χ3n) is 3.69. The van der Waals surface area contributed by atoms with Crippen LogP contribution in [0.25, 0.3) is 16.6 Å². The molecule has 0 aliphatic heterocycles. The Kier molecular flexibility index (Phi) is 6.60. The second-order valence-electron chi connectivity index (χ2n) is 5.45. The second kappa shape index (κ2) is 8.69. The van der Waals surface area contributed by atoms with Crippen LogP contribution < -0.4 is 16.6 Å². The van der Waals surface area contributed by atoms with Gasteiger partial charge < -0.3 is 10.8 Å². The Hall–Kier alpha value is -2.57. The maximum atomic E-state index is 10.0. The number of aromatic hydroxyl groups is 1. The monoisotopic (exact) mass is 414 g/mol. The summed E-state index contributed by atoms with van der Waals surface area (Å²) in [5.41, 5.74) is 9.58. The average molecular weight is 415 g/mol. The minimum Gasteiger partial charge on any atom is -0.506 e. The van der Waals surface area contributed by atoms with E-state index in [4.69, 9.17) is 11.6 Å². The summed E-state index contributed by atoms with van der Waals surface area (Å²) in [4.78, 5) is 4.38. The number of hydrogen-bond donors (Lipinski definition) is 3. The van der Waals surface area contributed by atoms with Crippen LogP contribution in [0.15, 0.2) is 59.2 Å². The molecule has 0 fully saturated rings. The Morgan fingerprint density at radius 3 is 2.38 bits per heavy atom. The van der Waals surface area contributed by atoms with Gasteiger partial charge in [-0.05, 0) is 48.9 Å². The van der Waals surface area contributed by atoms with Crippen molar-refractivity contribution < 1.29 is 5.11 Å². The van der Waals surface area contributed by atoms with Gasteiger partial charge in [0.05, 0.1) is 11.4 Å². The lowest BCUT2D eigenvalue weighted by Gasteiger charge is -2.18. The number of nitrogens with zero attached hydrogens (tertiary/aromatic N) is 2. The Morgan fingerprint density at radius 1 is 1.08 bits per heavy atom. The predicted molar refractivity (Wildman–Crippen MR) is 112 cm³/mol. The molecular formula is C20H23BrN4O. The lowest BCUT2D eigenvalue weighted by molar-refractivity contribution is 0.480. The Morgan fingerprint density at radius 2 is 1.73 bits per heavy atom. The summed E-state index contributed by atoms with van der Waals surface area (Å²) in [6.07, 6.45) is 1.65. The van der Waals surface area contributed by atoms with Crippen molar-refractivity contribution in [3.8, 4) is 5.75 Å². The van der Waals surface area contributed by atoms with Gasteiger partial charge in [-0.3, -0.25) is 5.01 Å². The van der Waals surface area contributed by atoms with E-state index in [1.807, 2.05) is 57.2 Å². The summed E-state index contributed by atoms with van der Waals surface area (Å²) < 4.78 is 0.981. The van der Waals surface area contributed by atoms with Gasteiger partial charge in [0, 0.05) is 21.8 Å². The third-order valence-corrected chi connectivity index (χ3v) is 4.21. The van der Waals surface area contributed by atoms with Crippen LogP contribution in [0.2, 0.25) is 0 Å². The first-order valence-electron chi connectivity index (χ1n) is 8.32. The van der Waals surface area contributed by atoms with Crippen molar-refractivity contribution in [3.05, 3.63) is 70.5 Å². The van der Waals surface area contributed by atoms with Crippen molar-refractivity contribution in [2.24, 2.45) is 11.6 Å². The van der Waals surface area contributed by atoms with Crippen molar-refractivity contribution in [3.63, 3.8) is 0 Å². The number of phenols is 1. The highest BCUT2D eigenvalue weighted by atomic mass is 79.9. The molecule has 5 N–H and O–H groups in total. The summed E-state index contributed by atoms with van der Waals surface area (Å²) in [6.45, 7) is 5.87. The van der Waals surface area contributed by atoms with Crippen LogP contribution in [-0.2, 0) is 0 Å². The first-order chi connectivity index (χ1) is 12.5. The van der Waals surface area contributed by atoms with E-state index in [9.17, 15) is 5.11 Å². The number of fused-ring (bicyclic) bond motifs is 1. The number of rotatable bonds is 3. The number of nitrogens with two attached hydrogens (primary N) is 2. The van der Waals surface area contributed by atoms with Crippen molar-refractivity contribution in [1.82, 2.24) is 4.98 Å². The average Bonchev–Trinajstić information content (AvgIpc) is 2.64. The van der Waals surface area contributed by atoms with Crippen molar-refractivity contribution in [2.75, 3.05) is 5.01 Å². The fraction of sp³-hybridized carbons (Fsp3) is 0.150. The molecule has 0 spiro atoms. The van der Waals surface area contributed by atoms with E-state index in [2.05, 4.69) is 20.9 Å². The molecule has 5 nitrogen and oxygen atoms in total. The lowest BCUT2D eigenvalue weighted by Crippen LogP contribution is -2.26. The molecule has 1 heterocycles. The molecule has 3 rings (SSSR count). The van der Waals surface area contributed by atoms with Crippen molar-refractivity contribution in [2.45, 2.75) is 20.8 Å². The zero-order valence-electron chi connectivity index (χ0n) is 15.1. The number of aromatic nitrogens is 1. The zero-order chi connectivity index (χ0) is 19.3. The van der Waals surface area contributed by atoms with Crippen LogP contribution in [0.5, 0.6) is 5.75 Å². The molecule has 0 saturated carbocycles. The molecule has 0 radical (unpaired) electrons. The minimum absolute atomic E-state index is 0.121. The molecule has 2 aromatic carbocycles. The highest BCUT2D eigenvalue weighted by molar-refractivity contribution is 9.10. The smallest absolute Gasteiger partial charge is 0.141 e. The maximum absolute atomic E-state index is 10.0. The Labute approximate surface area is 162 Å². The van der Waals surface area contributed by atoms with Gasteiger partial charge in [-0.15, -0.1) is 0 Å². The number of phenolic OH excluding ortho intramolecular Hbond substituents is 1. The molecule has 0 unspecified atom stereocenters. The molecule has 0 saturated heterocycles. The maximum Gasteiger partial charge on any atom is 0.141 e. The lowest BCUT2D eigenvalue weighted by atomic mass is 10.1. The van der Waals surface area contributed by atoms with Crippen molar-refractivity contribution in [1.29, 1.82) is 0 Å². The molecule has 136 valence electrons. The first kappa shape index (κ1) is 19.8. The van der Waals surface area contributed by atoms with Gasteiger partial charge in [-0.2, -0.15) is 0 Å². The summed E-state index contributed by atoms with van der Waals surface area (Å²) in [7, 11) is 0. The van der Waals surface area contributed by atoms with Crippen LogP contribution in [0.3, 0.4) is 0 Å². The van der Waals surface area contributed by atoms with Gasteiger partial charge in [0.2, 0.25) is 0 Å². The summed E-state index contributed by atoms with van der Waals surface area (Å²) in [6, 6.07) is 14.7. The predicted octanol–water partition coefficient (Wildman–Crippen LogP) is 4.67. The van der Waals surface area contributed by atoms with Crippen LogP contribution in [0, 0.1) is 6.92 Å². The number of halogens is 1. The zero-order valence-corrected chi connectivity index (χ0v) is 16.7. The highest BCUT2D eigenvalue weighted by Crippen LogP contribution is 2.31. The second-order valence-corrected chi connectivity index (χ2v) is 6.37. The number of anilines is 1. The number of aryl methyl sites for hydroxylation is 1. The minimum atomic E-state index is 0.121. The molecule has 0 bridgehead atoms. The van der Waals surface area contributed by atoms with Gasteiger partial charge in [-0.1, -0.05) is 41.9 Å². The molecule has 0 aliphatic carbocycles. The first-order valence-corrected chi connectivity index (χ1v) is 9.11. The van der Waals surface area contributed by atoms with Gasteiger partial charge >= 0.3 is 0 Å². The van der Waals surface area contributed by atoms with Crippen LogP contribution >= 0.6 is 15.9 Å². The van der Waals surface area contributed by atoms with Crippen LogP contribution in [0.1, 0.15) is 25.1 Å². The number of pyridine rings is 1. The normalized spacial score (nSPS) is 11.0. The topological polar surface area (TPSA) is 88.4 Å². The fourth-order valence-electron chi connectivity index (χ4n) is 2.45. The van der Waals surface area contributed by atoms with Gasteiger partial charge in [0.1, 0.15) is 11.3 Å². The van der Waals surface area contributed by atoms with Gasteiger partial charge in [0.15, 0.2) is 0 Å². The SMILES string of the molecule is CC.Cc1ccc2c(N(N)/C=C(\N)c3ccc(Br)cc3)ccc(O)c2n1. The van der Waals surface area contributed by atoms with E-state index in [-0.39, 0.29) is 5.75 Å². The van der Waals surface area contributed by atoms with E-state index in [1.54, 1.807) is 18.3 Å². The molecule has 26 heavy (non-hydrogen) atoms. The Balaban J connectivity index is 0.00000117. The van der Waals surface area contributed by atoms with E-state index < -0.39 is 0 Å². The van der Waals surface area contributed by atoms with Crippen LogP contribution in [-0.4, -0.2) is 10.1 Å². The summed E-state index contributed by atoms with van der Waals surface area (Å²) in [5.74, 6) is 6.30. The molecule has 6 heteroatoms. The molecule has 1 aromatic heterocycles. The van der Waals surface area contributed by atoms with E-state index in [0.29, 0.717) is 16.9 Å². The highest BCUT2D eigenvalue weighted by Gasteiger charge is 2.10. The Bertz CT molecular complexity index is 923. The third kappa shape index (κ3) is 4.33. The fourth-order valence-corrected chi connectivity index (χ4v) is 2.71. The molecule has 0 amide bonds. The summed E-state index contributed by atoms with van der Waals surface area (Å²) in [5, 5.41) is 12.2.